The van der Waals surface area contributed by atoms with Crippen LogP contribution in [0.3, 0.4) is 0 Å². The molecule has 0 radical (unpaired) electrons. The van der Waals surface area contributed by atoms with Gasteiger partial charge in [-0.05, 0) is 0 Å². The first-order valence-electron chi connectivity index (χ1n) is 5.52. The van der Waals surface area contributed by atoms with Gasteiger partial charge in [0, 0.05) is 13.1 Å². The van der Waals surface area contributed by atoms with E-state index in [-0.39, 0.29) is 91.8 Å². The predicted molar refractivity (Wildman–Crippen MR) is 72.5 cm³/mol. The first-order chi connectivity index (χ1) is 9.20. The molecule has 0 heterocycles. The molecule has 0 saturated heterocycles. The Balaban J connectivity index is -0.000000180. The van der Waals surface area contributed by atoms with Gasteiger partial charge in [-0.3, -0.25) is 29.0 Å². The van der Waals surface area contributed by atoms with Gasteiger partial charge >= 0.3 is 98.3 Å². The van der Waals surface area contributed by atoms with Gasteiger partial charge in [-0.15, -0.1) is 0 Å². The zero-order chi connectivity index (χ0) is 15.7. The molecule has 0 bridgehead atoms. The minimum absolute atomic E-state index is 0. The fraction of sp³-hybridized carbons (Fsp3) is 0.600. The van der Waals surface area contributed by atoms with Crippen LogP contribution in [0.25, 0.3) is 0 Å². The van der Waals surface area contributed by atoms with Crippen molar-refractivity contribution in [2.75, 3.05) is 39.3 Å². The summed E-state index contributed by atoms with van der Waals surface area (Å²) in [7, 11) is 0. The van der Waals surface area contributed by atoms with E-state index in [1.54, 1.807) is 0 Å². The standard InChI is InChI=1S/C10H16N2O8.K.Mg.3H/c13-7(14)3-11(4-8(15)16)1-2-12(5-9(17)18)6-10(19)20;;;;;/h1-6H2,(H,13,14)(H,15,16)(H,17,18)(H,19,20);;;;;/q;+1;+2;3*-1. The Kier molecular flexibility index (Phi) is 18.2. The summed E-state index contributed by atoms with van der Waals surface area (Å²) in [6, 6.07) is 0. The molecule has 0 aliphatic heterocycles. The van der Waals surface area contributed by atoms with E-state index < -0.39 is 50.1 Å². The molecule has 10 nitrogen and oxygen atoms in total. The van der Waals surface area contributed by atoms with Gasteiger partial charge in [0.2, 0.25) is 0 Å². The van der Waals surface area contributed by atoms with E-state index in [4.69, 9.17) is 20.4 Å². The Labute approximate surface area is 189 Å². The van der Waals surface area contributed by atoms with Crippen molar-refractivity contribution in [3.8, 4) is 0 Å². The molecule has 0 unspecified atom stereocenters. The molecule has 0 aromatic heterocycles. The summed E-state index contributed by atoms with van der Waals surface area (Å²) >= 11 is 0. The zero-order valence-electron chi connectivity index (χ0n) is 15.3. The number of nitrogens with zero attached hydrogens (tertiary/aromatic N) is 2. The van der Waals surface area contributed by atoms with Crippen LogP contribution in [0.5, 0.6) is 0 Å². The molecule has 0 amide bonds. The Morgan fingerprint density at radius 2 is 0.818 bits per heavy atom. The SMILES string of the molecule is O=C(O)CN(CCN(CC(=O)O)CC(=O)O)CC(=O)O.[H-].[H-].[H-].[K+].[Mg+2]. The Bertz CT molecular complexity index is 340. The van der Waals surface area contributed by atoms with Crippen molar-refractivity contribution in [1.29, 1.82) is 0 Å². The number of hydrogen-bond acceptors (Lipinski definition) is 6. The van der Waals surface area contributed by atoms with Gasteiger partial charge in [0.05, 0.1) is 26.2 Å². The quantitative estimate of drug-likeness (QED) is 0.263. The summed E-state index contributed by atoms with van der Waals surface area (Å²) < 4.78 is 0. The molecule has 12 heteroatoms. The summed E-state index contributed by atoms with van der Waals surface area (Å²) in [5.41, 5.74) is 0. The third kappa shape index (κ3) is 16.6. The van der Waals surface area contributed by atoms with E-state index in [9.17, 15) is 19.2 Å². The second-order valence-corrected chi connectivity index (χ2v) is 4.00. The van der Waals surface area contributed by atoms with E-state index in [2.05, 4.69) is 0 Å². The number of aliphatic carboxylic acids is 4. The first kappa shape index (κ1) is 27.1. The summed E-state index contributed by atoms with van der Waals surface area (Å²) in [4.78, 5) is 44.4. The summed E-state index contributed by atoms with van der Waals surface area (Å²) in [6.07, 6.45) is 0. The minimum atomic E-state index is -1.23. The van der Waals surface area contributed by atoms with Crippen molar-refractivity contribution in [1.82, 2.24) is 9.80 Å². The zero-order valence-corrected chi connectivity index (χ0v) is 16.8. The van der Waals surface area contributed by atoms with Gasteiger partial charge in [0.25, 0.3) is 0 Å². The fourth-order valence-corrected chi connectivity index (χ4v) is 1.48. The van der Waals surface area contributed by atoms with Gasteiger partial charge in [0.1, 0.15) is 0 Å². The molecule has 0 aromatic carbocycles. The molecule has 0 fully saturated rings. The van der Waals surface area contributed by atoms with E-state index in [1.165, 1.54) is 0 Å². The van der Waals surface area contributed by atoms with Crippen LogP contribution in [0.2, 0.25) is 0 Å². The van der Waals surface area contributed by atoms with Crippen LogP contribution in [0.4, 0.5) is 0 Å². The summed E-state index contributed by atoms with van der Waals surface area (Å²) in [5, 5.41) is 34.5. The molecule has 4 N–H and O–H groups in total. The molecule has 0 aromatic rings. The van der Waals surface area contributed by atoms with Crippen LogP contribution in [0, 0.1) is 0 Å². The summed E-state index contributed by atoms with van der Waals surface area (Å²) in [6.45, 7) is -2.25. The van der Waals surface area contributed by atoms with Crippen LogP contribution >= 0.6 is 0 Å². The maximum atomic E-state index is 10.6. The van der Waals surface area contributed by atoms with Crippen molar-refractivity contribution in [3.05, 3.63) is 0 Å². The van der Waals surface area contributed by atoms with E-state index in [0.717, 1.165) is 9.80 Å². The molecule has 0 saturated carbocycles. The van der Waals surface area contributed by atoms with Gasteiger partial charge in [0.15, 0.2) is 0 Å². The van der Waals surface area contributed by atoms with Crippen LogP contribution in [-0.4, -0.2) is 116 Å². The maximum absolute atomic E-state index is 10.6. The average Bonchev–Trinajstić information content (AvgIpc) is 2.22. The number of carbonyl (C=O) groups is 4. The van der Waals surface area contributed by atoms with Gasteiger partial charge in [-0.25, -0.2) is 0 Å². The molecule has 120 valence electrons. The Morgan fingerprint density at radius 3 is 0.955 bits per heavy atom. The third-order valence-corrected chi connectivity index (χ3v) is 2.17. The number of carboxylic acid groups (broad SMARTS) is 4. The number of carboxylic acids is 4. The molecule has 0 atom stereocenters. The van der Waals surface area contributed by atoms with Gasteiger partial charge in [-0.1, -0.05) is 0 Å². The minimum Gasteiger partial charge on any atom is -1.00 e. The van der Waals surface area contributed by atoms with Gasteiger partial charge in [-0.2, -0.15) is 0 Å². The normalized spacial score (nSPS) is 9.73. The Morgan fingerprint density at radius 1 is 0.636 bits per heavy atom. The van der Waals surface area contributed by atoms with Crippen molar-refractivity contribution >= 4 is 46.9 Å². The van der Waals surface area contributed by atoms with E-state index in [1.807, 2.05) is 0 Å². The third-order valence-electron chi connectivity index (χ3n) is 2.17. The van der Waals surface area contributed by atoms with Gasteiger partial charge < -0.3 is 24.7 Å². The van der Waals surface area contributed by atoms with Crippen molar-refractivity contribution in [2.24, 2.45) is 0 Å². The second-order valence-electron chi connectivity index (χ2n) is 4.00. The molecular weight excluding hydrogens is 340 g/mol. The molecule has 0 aliphatic rings. The van der Waals surface area contributed by atoms with Crippen LogP contribution in [0.15, 0.2) is 0 Å². The molecule has 0 rings (SSSR count). The average molecular weight is 359 g/mol. The second kappa shape index (κ2) is 14.8. The largest absolute Gasteiger partial charge is 2.00 e. The fourth-order valence-electron chi connectivity index (χ4n) is 1.48. The summed E-state index contributed by atoms with van der Waals surface area (Å²) in [5.74, 6) is -4.91. The van der Waals surface area contributed by atoms with Crippen LogP contribution in [0.1, 0.15) is 4.28 Å². The van der Waals surface area contributed by atoms with Crippen LogP contribution in [-0.2, 0) is 19.2 Å². The maximum Gasteiger partial charge on any atom is 2.00 e. The topological polar surface area (TPSA) is 156 Å². The molecule has 22 heavy (non-hydrogen) atoms. The molecule has 0 aliphatic carbocycles. The van der Waals surface area contributed by atoms with Crippen molar-refractivity contribution in [3.63, 3.8) is 0 Å². The monoisotopic (exact) mass is 358 g/mol. The molecular formula is C10H19KMgN2O8. The van der Waals surface area contributed by atoms with E-state index in [0.29, 0.717) is 0 Å². The van der Waals surface area contributed by atoms with Crippen LogP contribution < -0.4 is 51.4 Å². The molecule has 0 spiro atoms. The van der Waals surface area contributed by atoms with E-state index >= 15 is 0 Å². The first-order valence-corrected chi connectivity index (χ1v) is 5.52. The van der Waals surface area contributed by atoms with Crippen molar-refractivity contribution < 1.29 is 95.3 Å². The van der Waals surface area contributed by atoms with Crippen molar-refractivity contribution in [2.45, 2.75) is 0 Å². The predicted octanol–water partition coefficient (Wildman–Crippen LogP) is -5.11. The smallest absolute Gasteiger partial charge is 1.00 e. The number of hydrogen-bond donors (Lipinski definition) is 4. The Hall–Kier alpha value is 0.203. The number of rotatable bonds is 11.